The van der Waals surface area contributed by atoms with Gasteiger partial charge in [-0.2, -0.15) is 0 Å². The number of carbonyl (C=O) groups is 1. The Kier molecular flexibility index (Phi) is 6.40. The first kappa shape index (κ1) is 20.8. The number of carbonyl (C=O) groups excluding carboxylic acids is 1. The van der Waals surface area contributed by atoms with Crippen molar-refractivity contribution in [2.45, 2.75) is 25.6 Å². The lowest BCUT2D eigenvalue weighted by Gasteiger charge is -2.29. The van der Waals surface area contributed by atoms with Crippen molar-refractivity contribution in [3.8, 4) is 0 Å². The second-order valence-corrected chi connectivity index (χ2v) is 7.53. The number of benzene rings is 2. The van der Waals surface area contributed by atoms with Crippen LogP contribution in [0.15, 0.2) is 24.3 Å². The molecule has 150 valence electrons. The summed E-state index contributed by atoms with van der Waals surface area (Å²) in [7, 11) is 0. The summed E-state index contributed by atoms with van der Waals surface area (Å²) in [6, 6.07) is 4.36. The van der Waals surface area contributed by atoms with Gasteiger partial charge in [0.1, 0.15) is 5.82 Å². The summed E-state index contributed by atoms with van der Waals surface area (Å²) in [5, 5.41) is 12.1. The molecule has 0 spiro atoms. The Labute approximate surface area is 171 Å². The molecule has 10 heteroatoms. The minimum Gasteiger partial charge on any atom is -0.366 e. The molecule has 3 rings (SSSR count). The molecule has 1 atom stereocenters. The highest BCUT2D eigenvalue weighted by molar-refractivity contribution is 14.1. The van der Waals surface area contributed by atoms with Crippen LogP contribution in [0.3, 0.4) is 0 Å². The number of aliphatic hydroxyl groups excluding tert-OH is 1. The molecule has 1 saturated carbocycles. The van der Waals surface area contributed by atoms with Crippen LogP contribution >= 0.6 is 22.6 Å². The van der Waals surface area contributed by atoms with Crippen LogP contribution in [-0.4, -0.2) is 17.3 Å². The topological polar surface area (TPSA) is 70.6 Å². The van der Waals surface area contributed by atoms with Crippen molar-refractivity contribution in [3.63, 3.8) is 0 Å². The van der Waals surface area contributed by atoms with E-state index in [0.717, 1.165) is 25.3 Å². The maximum absolute atomic E-state index is 14.3. The molecule has 1 unspecified atom stereocenters. The van der Waals surface area contributed by atoms with Crippen molar-refractivity contribution < 1.29 is 32.3 Å². The Morgan fingerprint density at radius 3 is 2.46 bits per heavy atom. The predicted molar refractivity (Wildman–Crippen MR) is 101 cm³/mol. The molecule has 0 aromatic heterocycles. The molecule has 0 aliphatic heterocycles. The quantitative estimate of drug-likeness (QED) is 0.178. The number of nitrogens with one attached hydrogen (secondary N) is 2. The standard InChI is InChI=1S/C18H15F4IN2O3/c19-11-6-9(23)4-5-13(11)24-16-10(7-12(20)14(21)15(16)22)17(26)25-28-18(27)8-2-1-3-8/h4-8,18,24,27H,1-3H2,(H,25,26). The Bertz CT molecular complexity index is 909. The number of rotatable bonds is 6. The van der Waals surface area contributed by atoms with E-state index in [-0.39, 0.29) is 11.6 Å². The normalized spacial score (nSPS) is 15.1. The van der Waals surface area contributed by atoms with Crippen LogP contribution in [0.1, 0.15) is 29.6 Å². The molecule has 1 amide bonds. The van der Waals surface area contributed by atoms with E-state index < -0.39 is 46.7 Å². The summed E-state index contributed by atoms with van der Waals surface area (Å²) < 4.78 is 56.3. The minimum atomic E-state index is -1.82. The van der Waals surface area contributed by atoms with E-state index in [2.05, 4.69) is 5.32 Å². The van der Waals surface area contributed by atoms with Crippen molar-refractivity contribution in [2.24, 2.45) is 5.92 Å². The van der Waals surface area contributed by atoms with Crippen LogP contribution in [0.5, 0.6) is 0 Å². The van der Waals surface area contributed by atoms with Gasteiger partial charge in [0, 0.05) is 9.49 Å². The number of halogens is 5. The first-order chi connectivity index (χ1) is 13.3. The fourth-order valence-corrected chi connectivity index (χ4v) is 3.07. The molecule has 1 fully saturated rings. The van der Waals surface area contributed by atoms with Gasteiger partial charge in [0.05, 0.1) is 16.9 Å². The molecule has 28 heavy (non-hydrogen) atoms. The molecule has 3 N–H and O–H groups in total. The number of aliphatic hydroxyl groups is 1. The first-order valence-corrected chi connectivity index (χ1v) is 9.39. The molecule has 1 aliphatic rings. The summed E-state index contributed by atoms with van der Waals surface area (Å²) in [5.74, 6) is -7.18. The molecule has 5 nitrogen and oxygen atoms in total. The van der Waals surface area contributed by atoms with Gasteiger partial charge in [0.2, 0.25) is 0 Å². The largest absolute Gasteiger partial charge is 0.366 e. The lowest BCUT2D eigenvalue weighted by molar-refractivity contribution is -0.178. The summed E-state index contributed by atoms with van der Waals surface area (Å²) in [6.07, 6.45) is 1.08. The molecule has 0 heterocycles. The third-order valence-corrected chi connectivity index (χ3v) is 5.09. The average Bonchev–Trinajstić information content (AvgIpc) is 2.60. The van der Waals surface area contributed by atoms with Gasteiger partial charge >= 0.3 is 0 Å². The summed E-state index contributed by atoms with van der Waals surface area (Å²) in [4.78, 5) is 17.1. The molecule has 0 saturated heterocycles. The predicted octanol–water partition coefficient (Wildman–Crippen LogP) is 4.37. The van der Waals surface area contributed by atoms with E-state index in [1.807, 2.05) is 28.1 Å². The van der Waals surface area contributed by atoms with Gasteiger partial charge in [0.15, 0.2) is 23.7 Å². The summed E-state index contributed by atoms with van der Waals surface area (Å²) in [5.41, 5.74) is 0.228. The minimum absolute atomic E-state index is 0.152. The zero-order valence-electron chi connectivity index (χ0n) is 14.2. The molecular formula is C18H15F4IN2O3. The lowest BCUT2D eigenvalue weighted by atomic mass is 9.85. The highest BCUT2D eigenvalue weighted by atomic mass is 127. The van der Waals surface area contributed by atoms with Gasteiger partial charge in [-0.05, 0) is 59.7 Å². The fraction of sp³-hybridized carbons (Fsp3) is 0.278. The van der Waals surface area contributed by atoms with Gasteiger partial charge in [-0.3, -0.25) is 4.79 Å². The van der Waals surface area contributed by atoms with Gasteiger partial charge in [0.25, 0.3) is 5.91 Å². The lowest BCUT2D eigenvalue weighted by Crippen LogP contribution is -2.36. The van der Waals surface area contributed by atoms with Gasteiger partial charge < -0.3 is 10.4 Å². The SMILES string of the molecule is O=C(NOC(O)C1CCC1)c1cc(F)c(F)c(F)c1Nc1ccc(I)cc1F. The molecule has 0 bridgehead atoms. The Hall–Kier alpha value is -1.92. The highest BCUT2D eigenvalue weighted by Crippen LogP contribution is 2.31. The molecule has 2 aromatic rings. The smallest absolute Gasteiger partial charge is 0.277 e. The molecule has 2 aromatic carbocycles. The van der Waals surface area contributed by atoms with E-state index >= 15 is 0 Å². The monoisotopic (exact) mass is 510 g/mol. The summed E-state index contributed by atoms with van der Waals surface area (Å²) in [6.45, 7) is 0. The molecule has 1 aliphatic carbocycles. The van der Waals surface area contributed by atoms with Crippen LogP contribution in [0.4, 0.5) is 28.9 Å². The van der Waals surface area contributed by atoms with Crippen molar-refractivity contribution in [2.75, 3.05) is 5.32 Å². The Morgan fingerprint density at radius 1 is 1.14 bits per heavy atom. The van der Waals surface area contributed by atoms with E-state index in [1.165, 1.54) is 12.1 Å². The van der Waals surface area contributed by atoms with E-state index in [4.69, 9.17) is 4.84 Å². The fourth-order valence-electron chi connectivity index (χ4n) is 2.61. The first-order valence-electron chi connectivity index (χ1n) is 8.31. The van der Waals surface area contributed by atoms with Gasteiger partial charge in [-0.15, -0.1) is 0 Å². The van der Waals surface area contributed by atoms with Crippen molar-refractivity contribution in [1.29, 1.82) is 0 Å². The second-order valence-electron chi connectivity index (χ2n) is 6.29. The second kappa shape index (κ2) is 8.62. The van der Waals surface area contributed by atoms with Gasteiger partial charge in [-0.1, -0.05) is 6.42 Å². The number of hydroxylamine groups is 1. The third kappa shape index (κ3) is 4.39. The number of anilines is 2. The van der Waals surface area contributed by atoms with E-state index in [1.54, 1.807) is 0 Å². The van der Waals surface area contributed by atoms with Crippen LogP contribution in [-0.2, 0) is 4.84 Å². The number of hydrogen-bond acceptors (Lipinski definition) is 4. The van der Waals surface area contributed by atoms with Crippen LogP contribution in [0.2, 0.25) is 0 Å². The number of amides is 1. The Balaban J connectivity index is 1.87. The van der Waals surface area contributed by atoms with Crippen LogP contribution < -0.4 is 10.8 Å². The van der Waals surface area contributed by atoms with Crippen molar-refractivity contribution in [3.05, 3.63) is 56.7 Å². The number of hydrogen-bond donors (Lipinski definition) is 3. The van der Waals surface area contributed by atoms with Crippen molar-refractivity contribution >= 4 is 39.9 Å². The zero-order valence-corrected chi connectivity index (χ0v) is 16.4. The molecular weight excluding hydrogens is 495 g/mol. The van der Waals surface area contributed by atoms with E-state index in [0.29, 0.717) is 9.64 Å². The van der Waals surface area contributed by atoms with Crippen LogP contribution in [0.25, 0.3) is 0 Å². The van der Waals surface area contributed by atoms with Crippen LogP contribution in [0, 0.1) is 32.8 Å². The van der Waals surface area contributed by atoms with Gasteiger partial charge in [-0.25, -0.2) is 27.9 Å². The average molecular weight is 510 g/mol. The molecule has 0 radical (unpaired) electrons. The van der Waals surface area contributed by atoms with Crippen molar-refractivity contribution in [1.82, 2.24) is 5.48 Å². The zero-order chi connectivity index (χ0) is 20.4. The highest BCUT2D eigenvalue weighted by Gasteiger charge is 2.28. The third-order valence-electron chi connectivity index (χ3n) is 4.42. The maximum atomic E-state index is 14.3. The van der Waals surface area contributed by atoms with E-state index in [9.17, 15) is 27.5 Å². The summed E-state index contributed by atoms with van der Waals surface area (Å²) >= 11 is 1.86. The maximum Gasteiger partial charge on any atom is 0.277 e. The Morgan fingerprint density at radius 2 is 1.86 bits per heavy atom.